The van der Waals surface area contributed by atoms with Gasteiger partial charge in [-0.25, -0.2) is 0 Å². The van der Waals surface area contributed by atoms with Crippen molar-refractivity contribution in [1.82, 2.24) is 9.88 Å². The van der Waals surface area contributed by atoms with Gasteiger partial charge in [0.05, 0.1) is 6.54 Å². The number of rotatable bonds is 4. The van der Waals surface area contributed by atoms with Crippen LogP contribution in [0.25, 0.3) is 0 Å². The van der Waals surface area contributed by atoms with Gasteiger partial charge in [0.1, 0.15) is 11.3 Å². The van der Waals surface area contributed by atoms with Gasteiger partial charge >= 0.3 is 0 Å². The van der Waals surface area contributed by atoms with Crippen LogP contribution in [-0.4, -0.2) is 22.1 Å². The number of aromatic nitrogens is 1. The number of aliphatic hydroxyl groups is 1. The van der Waals surface area contributed by atoms with Crippen LogP contribution in [0, 0.1) is 0 Å². The lowest BCUT2D eigenvalue weighted by molar-refractivity contribution is 0.0524. The molecule has 0 saturated carbocycles. The maximum absolute atomic E-state index is 12.0. The molecule has 2 aromatic rings. The predicted molar refractivity (Wildman–Crippen MR) is 73.8 cm³/mol. The number of nitrogens with zero attached hydrogens (tertiary/aromatic N) is 1. The molecule has 0 bridgehead atoms. The predicted octanol–water partition coefficient (Wildman–Crippen LogP) is 1.66. The zero-order valence-corrected chi connectivity index (χ0v) is 11.1. The Kier molecular flexibility index (Phi) is 3.71. The molecule has 100 valence electrons. The number of benzene rings is 1. The Balaban J connectivity index is 2.03. The van der Waals surface area contributed by atoms with E-state index in [0.717, 1.165) is 5.56 Å². The number of carbonyl (C=O) groups excluding carboxylic acids is 1. The third-order valence-corrected chi connectivity index (χ3v) is 3.17. The molecule has 1 aromatic heterocycles. The van der Waals surface area contributed by atoms with Gasteiger partial charge in [0.25, 0.3) is 5.91 Å². The molecule has 0 aliphatic carbocycles. The van der Waals surface area contributed by atoms with Crippen LogP contribution in [-0.2, 0) is 12.6 Å². The van der Waals surface area contributed by atoms with Gasteiger partial charge < -0.3 is 15.0 Å². The SMILES string of the molecule is Cn1cccc1C(=O)NCC(C)(O)c1ccccc1. The van der Waals surface area contributed by atoms with Crippen molar-refractivity contribution in [1.29, 1.82) is 0 Å². The second-order valence-electron chi connectivity index (χ2n) is 4.83. The minimum Gasteiger partial charge on any atom is -0.384 e. The topological polar surface area (TPSA) is 54.3 Å². The Hall–Kier alpha value is -2.07. The average molecular weight is 258 g/mol. The van der Waals surface area contributed by atoms with E-state index in [2.05, 4.69) is 5.32 Å². The second kappa shape index (κ2) is 5.28. The van der Waals surface area contributed by atoms with Crippen LogP contribution < -0.4 is 5.32 Å². The molecule has 1 unspecified atom stereocenters. The van der Waals surface area contributed by atoms with Crippen molar-refractivity contribution in [2.75, 3.05) is 6.54 Å². The van der Waals surface area contributed by atoms with Gasteiger partial charge in [-0.05, 0) is 24.6 Å². The van der Waals surface area contributed by atoms with E-state index >= 15 is 0 Å². The van der Waals surface area contributed by atoms with Crippen LogP contribution in [0.15, 0.2) is 48.7 Å². The van der Waals surface area contributed by atoms with Gasteiger partial charge in [-0.3, -0.25) is 4.79 Å². The minimum atomic E-state index is -1.08. The van der Waals surface area contributed by atoms with Crippen molar-refractivity contribution in [3.8, 4) is 0 Å². The summed E-state index contributed by atoms with van der Waals surface area (Å²) in [4.78, 5) is 12.0. The number of nitrogens with one attached hydrogen (secondary N) is 1. The lowest BCUT2D eigenvalue weighted by Gasteiger charge is -2.24. The number of hydrogen-bond donors (Lipinski definition) is 2. The Bertz CT molecular complexity index is 559. The largest absolute Gasteiger partial charge is 0.384 e. The normalized spacial score (nSPS) is 13.8. The zero-order valence-electron chi connectivity index (χ0n) is 11.1. The smallest absolute Gasteiger partial charge is 0.268 e. The van der Waals surface area contributed by atoms with Gasteiger partial charge in [-0.15, -0.1) is 0 Å². The van der Waals surface area contributed by atoms with Crippen molar-refractivity contribution in [2.24, 2.45) is 7.05 Å². The van der Waals surface area contributed by atoms with Gasteiger partial charge in [-0.2, -0.15) is 0 Å². The molecule has 1 amide bonds. The molecule has 1 aromatic carbocycles. The van der Waals surface area contributed by atoms with Crippen molar-refractivity contribution < 1.29 is 9.90 Å². The first-order valence-electron chi connectivity index (χ1n) is 6.18. The molecule has 2 N–H and O–H groups in total. The summed E-state index contributed by atoms with van der Waals surface area (Å²) < 4.78 is 1.74. The van der Waals surface area contributed by atoms with Gasteiger partial charge in [0.15, 0.2) is 0 Å². The molecular formula is C15H18N2O2. The van der Waals surface area contributed by atoms with E-state index in [4.69, 9.17) is 0 Å². The molecule has 1 atom stereocenters. The molecule has 0 fully saturated rings. The number of amides is 1. The quantitative estimate of drug-likeness (QED) is 0.876. The summed E-state index contributed by atoms with van der Waals surface area (Å²) in [6, 6.07) is 12.9. The summed E-state index contributed by atoms with van der Waals surface area (Å²) in [5.41, 5.74) is 0.272. The van der Waals surface area contributed by atoms with Crippen molar-refractivity contribution in [3.05, 3.63) is 59.9 Å². The molecule has 4 nitrogen and oxygen atoms in total. The zero-order chi connectivity index (χ0) is 13.9. The third-order valence-electron chi connectivity index (χ3n) is 3.17. The Morgan fingerprint density at radius 2 is 1.95 bits per heavy atom. The number of hydrogen-bond acceptors (Lipinski definition) is 2. The molecule has 2 rings (SSSR count). The van der Waals surface area contributed by atoms with Crippen molar-refractivity contribution >= 4 is 5.91 Å². The molecule has 4 heteroatoms. The maximum atomic E-state index is 12.0. The van der Waals surface area contributed by atoms with Crippen LogP contribution in [0.2, 0.25) is 0 Å². The molecule has 19 heavy (non-hydrogen) atoms. The van der Waals surface area contributed by atoms with Crippen LogP contribution in [0.1, 0.15) is 23.0 Å². The lowest BCUT2D eigenvalue weighted by atomic mass is 9.96. The second-order valence-corrected chi connectivity index (χ2v) is 4.83. The highest BCUT2D eigenvalue weighted by Crippen LogP contribution is 2.19. The molecule has 0 radical (unpaired) electrons. The number of aryl methyl sites for hydroxylation is 1. The fourth-order valence-corrected chi connectivity index (χ4v) is 1.94. The first-order chi connectivity index (χ1) is 9.00. The highest BCUT2D eigenvalue weighted by atomic mass is 16.3. The summed E-state index contributed by atoms with van der Waals surface area (Å²) in [6.07, 6.45) is 1.81. The molecule has 0 saturated heterocycles. The van der Waals surface area contributed by atoms with E-state index in [0.29, 0.717) is 5.69 Å². The number of carbonyl (C=O) groups is 1. The molecular weight excluding hydrogens is 240 g/mol. The van der Waals surface area contributed by atoms with Gasteiger partial charge in [0.2, 0.25) is 0 Å². The Morgan fingerprint density at radius 3 is 2.53 bits per heavy atom. The Morgan fingerprint density at radius 1 is 1.26 bits per heavy atom. The molecule has 0 aliphatic rings. The standard InChI is InChI=1S/C15H18N2O2/c1-15(19,12-7-4-3-5-8-12)11-16-14(18)13-9-6-10-17(13)2/h3-10,19H,11H2,1-2H3,(H,16,18). The van der Waals surface area contributed by atoms with Crippen LogP contribution in [0.5, 0.6) is 0 Å². The van der Waals surface area contributed by atoms with E-state index < -0.39 is 5.60 Å². The fourth-order valence-electron chi connectivity index (χ4n) is 1.94. The van der Waals surface area contributed by atoms with Gasteiger partial charge in [0, 0.05) is 13.2 Å². The molecule has 0 spiro atoms. The third kappa shape index (κ3) is 3.03. The fraction of sp³-hybridized carbons (Fsp3) is 0.267. The Labute approximate surface area is 112 Å². The summed E-state index contributed by atoms with van der Waals surface area (Å²) in [5.74, 6) is -0.191. The molecule has 1 heterocycles. The highest BCUT2D eigenvalue weighted by Gasteiger charge is 2.24. The van der Waals surface area contributed by atoms with Gasteiger partial charge in [-0.1, -0.05) is 30.3 Å². The summed E-state index contributed by atoms with van der Waals surface area (Å²) in [7, 11) is 1.81. The molecule has 0 aliphatic heterocycles. The van der Waals surface area contributed by atoms with Crippen LogP contribution in [0.3, 0.4) is 0 Å². The maximum Gasteiger partial charge on any atom is 0.268 e. The minimum absolute atomic E-state index is 0.168. The van der Waals surface area contributed by atoms with Crippen LogP contribution >= 0.6 is 0 Å². The monoisotopic (exact) mass is 258 g/mol. The van der Waals surface area contributed by atoms with E-state index in [-0.39, 0.29) is 12.5 Å². The van der Waals surface area contributed by atoms with E-state index in [1.807, 2.05) is 49.6 Å². The summed E-state index contributed by atoms with van der Waals surface area (Å²) in [5, 5.41) is 13.1. The van der Waals surface area contributed by atoms with Crippen molar-refractivity contribution in [2.45, 2.75) is 12.5 Å². The lowest BCUT2D eigenvalue weighted by Crippen LogP contribution is -2.39. The van der Waals surface area contributed by atoms with Crippen molar-refractivity contribution in [3.63, 3.8) is 0 Å². The highest BCUT2D eigenvalue weighted by molar-refractivity contribution is 5.92. The van der Waals surface area contributed by atoms with E-state index in [9.17, 15) is 9.90 Å². The van der Waals surface area contributed by atoms with Crippen LogP contribution in [0.4, 0.5) is 0 Å². The van der Waals surface area contributed by atoms with E-state index in [1.165, 1.54) is 0 Å². The average Bonchev–Trinajstić information content (AvgIpc) is 2.83. The first-order valence-corrected chi connectivity index (χ1v) is 6.18. The van der Waals surface area contributed by atoms with E-state index in [1.54, 1.807) is 17.6 Å². The summed E-state index contributed by atoms with van der Waals surface area (Å²) in [6.45, 7) is 1.86. The first kappa shape index (κ1) is 13.4. The summed E-state index contributed by atoms with van der Waals surface area (Å²) >= 11 is 0.